The molecule has 3 heteroatoms. The largest absolute Gasteiger partial charge is 0.508 e. The first kappa shape index (κ1) is 11.6. The Morgan fingerprint density at radius 3 is 2.94 bits per heavy atom. The Kier molecular flexibility index (Phi) is 2.40. The van der Waals surface area contributed by atoms with Crippen LogP contribution in [0.25, 0.3) is 0 Å². The van der Waals surface area contributed by atoms with Gasteiger partial charge in [0.15, 0.2) is 0 Å². The van der Waals surface area contributed by atoms with Crippen molar-refractivity contribution in [2.75, 3.05) is 7.05 Å². The van der Waals surface area contributed by atoms with E-state index in [1.165, 1.54) is 11.1 Å². The molecule has 2 atom stereocenters. The van der Waals surface area contributed by atoms with Crippen LogP contribution < -0.4 is 0 Å². The van der Waals surface area contributed by atoms with E-state index in [-0.39, 0.29) is 11.3 Å². The summed E-state index contributed by atoms with van der Waals surface area (Å²) in [6.07, 6.45) is 3.49. The quantitative estimate of drug-likeness (QED) is 0.761. The van der Waals surface area contributed by atoms with Crippen LogP contribution in [0.1, 0.15) is 37.3 Å². The molecule has 1 heterocycles. The number of nitrogens with zero attached hydrogens (tertiary/aromatic N) is 1. The van der Waals surface area contributed by atoms with Crippen molar-refractivity contribution in [3.05, 3.63) is 29.3 Å². The number of phenolic OH excluding ortho intramolecular Hbond substituents is 1. The normalized spacial score (nSPS) is 30.9. The van der Waals surface area contributed by atoms with Crippen LogP contribution in [0.5, 0.6) is 5.75 Å². The molecule has 2 aliphatic rings. The summed E-state index contributed by atoms with van der Waals surface area (Å²) in [5, 5.41) is 9.60. The lowest BCUT2D eigenvalue weighted by Crippen LogP contribution is -2.56. The first-order chi connectivity index (χ1) is 8.52. The number of amides is 1. The maximum atomic E-state index is 11.8. The van der Waals surface area contributed by atoms with Crippen molar-refractivity contribution >= 4 is 5.91 Å². The molecule has 1 aromatic rings. The number of rotatable bonds is 0. The number of fused-ring (bicyclic) bond motifs is 3. The highest BCUT2D eigenvalue weighted by Crippen LogP contribution is 2.46. The monoisotopic (exact) mass is 245 g/mol. The highest BCUT2D eigenvalue weighted by Gasteiger charge is 2.46. The van der Waals surface area contributed by atoms with Gasteiger partial charge in [0, 0.05) is 24.9 Å². The minimum Gasteiger partial charge on any atom is -0.508 e. The average Bonchev–Trinajstić information content (AvgIpc) is 2.34. The van der Waals surface area contributed by atoms with Crippen LogP contribution in [0.3, 0.4) is 0 Å². The van der Waals surface area contributed by atoms with Gasteiger partial charge in [-0.1, -0.05) is 13.0 Å². The lowest BCUT2D eigenvalue weighted by Gasteiger charge is -2.50. The molecule has 1 fully saturated rings. The van der Waals surface area contributed by atoms with Gasteiger partial charge in [-0.2, -0.15) is 0 Å². The van der Waals surface area contributed by atoms with Crippen molar-refractivity contribution in [1.82, 2.24) is 4.90 Å². The molecule has 1 aliphatic heterocycles. The number of likely N-dealkylation sites (N-methyl/N-ethyl adjacent to an activating group) is 1. The number of carbonyl (C=O) groups is 1. The minimum absolute atomic E-state index is 0.0456. The summed E-state index contributed by atoms with van der Waals surface area (Å²) in [6, 6.07) is 5.99. The number of likely N-dealkylation sites (tertiary alicyclic amines) is 1. The predicted octanol–water partition coefficient (Wildman–Crippen LogP) is 2.22. The van der Waals surface area contributed by atoms with Gasteiger partial charge in [-0.05, 0) is 42.5 Å². The van der Waals surface area contributed by atoms with Crippen molar-refractivity contribution in [3.63, 3.8) is 0 Å². The van der Waals surface area contributed by atoms with Crippen LogP contribution in [0.4, 0.5) is 0 Å². The number of piperidine rings is 1. The molecule has 0 spiro atoms. The highest BCUT2D eigenvalue weighted by molar-refractivity contribution is 5.78. The molecule has 0 bridgehead atoms. The predicted molar refractivity (Wildman–Crippen MR) is 69.6 cm³/mol. The number of benzene rings is 1. The Morgan fingerprint density at radius 2 is 2.17 bits per heavy atom. The van der Waals surface area contributed by atoms with Gasteiger partial charge in [0.1, 0.15) is 5.75 Å². The molecule has 18 heavy (non-hydrogen) atoms. The Bertz CT molecular complexity index is 511. The molecule has 0 saturated carbocycles. The molecule has 1 aromatic carbocycles. The van der Waals surface area contributed by atoms with E-state index in [1.807, 2.05) is 24.1 Å². The molecule has 3 rings (SSSR count). The molecule has 0 unspecified atom stereocenters. The van der Waals surface area contributed by atoms with E-state index in [0.29, 0.717) is 18.2 Å². The fourth-order valence-electron chi connectivity index (χ4n) is 3.77. The molecular formula is C15H19NO2. The molecule has 1 aliphatic carbocycles. The van der Waals surface area contributed by atoms with Crippen LogP contribution in [0.15, 0.2) is 18.2 Å². The van der Waals surface area contributed by atoms with E-state index in [2.05, 4.69) is 6.92 Å². The van der Waals surface area contributed by atoms with E-state index in [0.717, 1.165) is 19.3 Å². The second kappa shape index (κ2) is 3.74. The van der Waals surface area contributed by atoms with Crippen LogP contribution in [0, 0.1) is 0 Å². The lowest BCUT2D eigenvalue weighted by atomic mass is 9.63. The molecular weight excluding hydrogens is 226 g/mol. The lowest BCUT2D eigenvalue weighted by molar-refractivity contribution is -0.138. The molecule has 0 aromatic heterocycles. The van der Waals surface area contributed by atoms with Gasteiger partial charge in [-0.3, -0.25) is 4.79 Å². The van der Waals surface area contributed by atoms with Gasteiger partial charge in [-0.25, -0.2) is 0 Å². The maximum Gasteiger partial charge on any atom is 0.222 e. The molecule has 0 radical (unpaired) electrons. The van der Waals surface area contributed by atoms with Crippen LogP contribution in [-0.4, -0.2) is 29.0 Å². The minimum atomic E-state index is 0.0456. The van der Waals surface area contributed by atoms with Crippen molar-refractivity contribution in [3.8, 4) is 5.75 Å². The first-order valence-electron chi connectivity index (χ1n) is 6.60. The van der Waals surface area contributed by atoms with Gasteiger partial charge in [0.25, 0.3) is 0 Å². The third-order valence-electron chi connectivity index (χ3n) is 4.85. The number of carbonyl (C=O) groups excluding carboxylic acids is 1. The van der Waals surface area contributed by atoms with Crippen molar-refractivity contribution < 1.29 is 9.90 Å². The second-order valence-corrected chi connectivity index (χ2v) is 5.82. The fourth-order valence-corrected chi connectivity index (χ4v) is 3.77. The van der Waals surface area contributed by atoms with Gasteiger partial charge in [0.05, 0.1) is 0 Å². The zero-order valence-corrected chi connectivity index (χ0v) is 10.9. The first-order valence-corrected chi connectivity index (χ1v) is 6.60. The van der Waals surface area contributed by atoms with Crippen LogP contribution >= 0.6 is 0 Å². The summed E-state index contributed by atoms with van der Waals surface area (Å²) in [5.74, 6) is 0.607. The summed E-state index contributed by atoms with van der Waals surface area (Å²) in [5.41, 5.74) is 2.61. The summed E-state index contributed by atoms with van der Waals surface area (Å²) in [7, 11) is 1.93. The summed E-state index contributed by atoms with van der Waals surface area (Å²) >= 11 is 0. The Hall–Kier alpha value is -1.51. The standard InChI is InChI=1S/C15H19NO2/c1-15-8-7-14(18)16(2)13(15)6-3-10-9-11(17)4-5-12(10)15/h4-5,9,13,17H,3,6-8H2,1-2H3/t13-,15-/m1/s1. The van der Waals surface area contributed by atoms with Crippen molar-refractivity contribution in [2.45, 2.75) is 44.1 Å². The summed E-state index contributed by atoms with van der Waals surface area (Å²) in [6.45, 7) is 2.26. The SMILES string of the molecule is CN1C(=O)CC[C@]2(C)c3ccc(O)cc3CC[C@@H]12. The van der Waals surface area contributed by atoms with Gasteiger partial charge < -0.3 is 10.0 Å². The molecule has 1 N–H and O–H groups in total. The molecule has 96 valence electrons. The van der Waals surface area contributed by atoms with Crippen molar-refractivity contribution in [1.29, 1.82) is 0 Å². The van der Waals surface area contributed by atoms with E-state index >= 15 is 0 Å². The zero-order valence-electron chi connectivity index (χ0n) is 10.9. The molecule has 3 nitrogen and oxygen atoms in total. The van der Waals surface area contributed by atoms with E-state index < -0.39 is 0 Å². The zero-order chi connectivity index (χ0) is 12.9. The summed E-state index contributed by atoms with van der Waals surface area (Å²) < 4.78 is 0. The number of hydrogen-bond donors (Lipinski definition) is 1. The Balaban J connectivity index is 2.09. The number of hydrogen-bond acceptors (Lipinski definition) is 2. The molecule has 1 saturated heterocycles. The Labute approximate surface area is 107 Å². The van der Waals surface area contributed by atoms with Gasteiger partial charge in [0.2, 0.25) is 5.91 Å². The average molecular weight is 245 g/mol. The van der Waals surface area contributed by atoms with Crippen molar-refractivity contribution in [2.24, 2.45) is 0 Å². The second-order valence-electron chi connectivity index (χ2n) is 5.82. The third-order valence-corrected chi connectivity index (χ3v) is 4.85. The maximum absolute atomic E-state index is 11.8. The van der Waals surface area contributed by atoms with Crippen LogP contribution in [0.2, 0.25) is 0 Å². The number of aromatic hydroxyl groups is 1. The highest BCUT2D eigenvalue weighted by atomic mass is 16.3. The summed E-state index contributed by atoms with van der Waals surface area (Å²) in [4.78, 5) is 13.8. The number of aryl methyl sites for hydroxylation is 1. The van der Waals surface area contributed by atoms with Crippen LogP contribution in [-0.2, 0) is 16.6 Å². The Morgan fingerprint density at radius 1 is 1.39 bits per heavy atom. The number of phenols is 1. The fraction of sp³-hybridized carbons (Fsp3) is 0.533. The smallest absolute Gasteiger partial charge is 0.222 e. The third kappa shape index (κ3) is 1.46. The van der Waals surface area contributed by atoms with E-state index in [9.17, 15) is 9.90 Å². The topological polar surface area (TPSA) is 40.5 Å². The van der Waals surface area contributed by atoms with Gasteiger partial charge in [-0.15, -0.1) is 0 Å². The van der Waals surface area contributed by atoms with Gasteiger partial charge >= 0.3 is 0 Å². The van der Waals surface area contributed by atoms with E-state index in [1.54, 1.807) is 6.07 Å². The molecule has 1 amide bonds. The van der Waals surface area contributed by atoms with E-state index in [4.69, 9.17) is 0 Å².